The van der Waals surface area contributed by atoms with Crippen molar-refractivity contribution < 1.29 is 5.11 Å². The van der Waals surface area contributed by atoms with Crippen molar-refractivity contribution in [2.75, 3.05) is 6.54 Å². The number of nitrogens with one attached hydrogen (secondary N) is 1. The fourth-order valence-corrected chi connectivity index (χ4v) is 2.80. The zero-order valence-electron chi connectivity index (χ0n) is 12.5. The largest absolute Gasteiger partial charge is 0.508 e. The molecular formula is C19H23NO. The third-order valence-electron chi connectivity index (χ3n) is 4.14. The van der Waals surface area contributed by atoms with Crippen molar-refractivity contribution in [3.05, 3.63) is 65.2 Å². The van der Waals surface area contributed by atoms with Crippen molar-refractivity contribution in [1.29, 1.82) is 0 Å². The third kappa shape index (κ3) is 4.08. The van der Waals surface area contributed by atoms with Crippen molar-refractivity contribution in [3.8, 4) is 5.75 Å². The fourth-order valence-electron chi connectivity index (χ4n) is 2.80. The van der Waals surface area contributed by atoms with Crippen molar-refractivity contribution in [3.63, 3.8) is 0 Å². The lowest BCUT2D eigenvalue weighted by Crippen LogP contribution is -2.24. The summed E-state index contributed by atoms with van der Waals surface area (Å²) in [7, 11) is 0. The quantitative estimate of drug-likeness (QED) is 0.844. The average molecular weight is 281 g/mol. The Morgan fingerprint density at radius 1 is 1.14 bits per heavy atom. The Hall–Kier alpha value is -1.80. The van der Waals surface area contributed by atoms with Gasteiger partial charge in [0.15, 0.2) is 0 Å². The zero-order valence-corrected chi connectivity index (χ0v) is 12.5. The van der Waals surface area contributed by atoms with Gasteiger partial charge in [-0.15, -0.1) is 0 Å². The van der Waals surface area contributed by atoms with Gasteiger partial charge in [0, 0.05) is 18.5 Å². The summed E-state index contributed by atoms with van der Waals surface area (Å²) in [5.74, 6) is 0.804. The first-order valence-corrected chi connectivity index (χ1v) is 7.78. The normalized spacial score (nSPS) is 15.9. The highest BCUT2D eigenvalue weighted by molar-refractivity contribution is 5.31. The molecule has 2 heteroatoms. The maximum absolute atomic E-state index is 9.65. The Labute approximate surface area is 126 Å². The molecule has 21 heavy (non-hydrogen) atoms. The number of phenols is 1. The van der Waals surface area contributed by atoms with Gasteiger partial charge >= 0.3 is 0 Å². The molecule has 2 N–H and O–H groups in total. The lowest BCUT2D eigenvalue weighted by atomic mass is 9.91. The molecule has 2 aromatic carbocycles. The van der Waals surface area contributed by atoms with Gasteiger partial charge in [-0.3, -0.25) is 0 Å². The smallest absolute Gasteiger partial charge is 0.115 e. The number of rotatable bonds is 6. The number of aromatic hydroxyl groups is 1. The summed E-state index contributed by atoms with van der Waals surface area (Å²) in [6.45, 7) is 3.15. The molecule has 110 valence electrons. The first kappa shape index (κ1) is 14.2. The lowest BCUT2D eigenvalue weighted by Gasteiger charge is -2.19. The molecule has 1 unspecified atom stereocenters. The molecule has 1 aliphatic rings. The summed E-state index contributed by atoms with van der Waals surface area (Å²) in [5.41, 5.74) is 3.88. The Morgan fingerprint density at radius 3 is 2.67 bits per heavy atom. The SMILES string of the molecule is Cc1cccc(C(CNC2CC2)Cc2cccc(O)c2)c1. The van der Waals surface area contributed by atoms with Crippen LogP contribution in [-0.4, -0.2) is 17.7 Å². The van der Waals surface area contributed by atoms with E-state index in [-0.39, 0.29) is 0 Å². The second-order valence-electron chi connectivity index (χ2n) is 6.17. The zero-order chi connectivity index (χ0) is 14.7. The highest BCUT2D eigenvalue weighted by atomic mass is 16.3. The first-order valence-electron chi connectivity index (χ1n) is 7.78. The summed E-state index contributed by atoms with van der Waals surface area (Å²) >= 11 is 0. The van der Waals surface area contributed by atoms with Gasteiger partial charge in [-0.1, -0.05) is 42.0 Å². The summed E-state index contributed by atoms with van der Waals surface area (Å²) in [6.07, 6.45) is 3.58. The van der Waals surface area contributed by atoms with Crippen molar-refractivity contribution in [2.24, 2.45) is 0 Å². The van der Waals surface area contributed by atoms with Crippen LogP contribution in [0.25, 0.3) is 0 Å². The van der Waals surface area contributed by atoms with Crippen LogP contribution in [0.1, 0.15) is 35.4 Å². The van der Waals surface area contributed by atoms with E-state index in [1.807, 2.05) is 12.1 Å². The van der Waals surface area contributed by atoms with E-state index < -0.39 is 0 Å². The Kier molecular flexibility index (Phi) is 4.26. The van der Waals surface area contributed by atoms with Gasteiger partial charge in [-0.05, 0) is 49.4 Å². The van der Waals surface area contributed by atoms with E-state index in [1.165, 1.54) is 29.5 Å². The van der Waals surface area contributed by atoms with Gasteiger partial charge in [0.05, 0.1) is 0 Å². The van der Waals surface area contributed by atoms with Crippen LogP contribution in [0.4, 0.5) is 0 Å². The molecule has 0 bridgehead atoms. The minimum absolute atomic E-state index is 0.352. The van der Waals surface area contributed by atoms with Crippen LogP contribution in [-0.2, 0) is 6.42 Å². The molecule has 1 saturated carbocycles. The van der Waals surface area contributed by atoms with E-state index in [1.54, 1.807) is 6.07 Å². The topological polar surface area (TPSA) is 32.3 Å². The molecule has 0 amide bonds. The summed E-state index contributed by atoms with van der Waals surface area (Å²) in [5, 5.41) is 13.3. The second kappa shape index (κ2) is 6.31. The number of hydrogen-bond acceptors (Lipinski definition) is 2. The van der Waals surface area contributed by atoms with Crippen LogP contribution in [0, 0.1) is 6.92 Å². The minimum Gasteiger partial charge on any atom is -0.508 e. The molecule has 0 spiro atoms. The number of hydrogen-bond donors (Lipinski definition) is 2. The van der Waals surface area contributed by atoms with E-state index in [0.29, 0.717) is 11.7 Å². The van der Waals surface area contributed by atoms with Gasteiger partial charge in [0.1, 0.15) is 5.75 Å². The molecule has 0 saturated heterocycles. The van der Waals surface area contributed by atoms with Gasteiger partial charge in [-0.25, -0.2) is 0 Å². The molecule has 0 aromatic heterocycles. The van der Waals surface area contributed by atoms with Crippen LogP contribution < -0.4 is 5.32 Å². The lowest BCUT2D eigenvalue weighted by molar-refractivity contribution is 0.474. The highest BCUT2D eigenvalue weighted by Crippen LogP contribution is 2.25. The number of aryl methyl sites for hydroxylation is 1. The van der Waals surface area contributed by atoms with Gasteiger partial charge < -0.3 is 10.4 Å². The highest BCUT2D eigenvalue weighted by Gasteiger charge is 2.22. The minimum atomic E-state index is 0.352. The number of benzene rings is 2. The predicted octanol–water partition coefficient (Wildman–Crippen LogP) is 3.78. The van der Waals surface area contributed by atoms with Crippen LogP contribution in [0.5, 0.6) is 5.75 Å². The molecule has 2 nitrogen and oxygen atoms in total. The maximum Gasteiger partial charge on any atom is 0.115 e. The standard InChI is InChI=1S/C19H23NO/c1-14-4-2-6-16(10-14)17(13-20-18-8-9-18)11-15-5-3-7-19(21)12-15/h2-7,10,12,17-18,20-21H,8-9,11,13H2,1H3. The van der Waals surface area contributed by atoms with Crippen molar-refractivity contribution in [2.45, 2.75) is 38.1 Å². The first-order chi connectivity index (χ1) is 10.2. The molecule has 1 aliphatic carbocycles. The second-order valence-corrected chi connectivity index (χ2v) is 6.17. The third-order valence-corrected chi connectivity index (χ3v) is 4.14. The molecule has 0 heterocycles. The van der Waals surface area contributed by atoms with Crippen molar-refractivity contribution >= 4 is 0 Å². The van der Waals surface area contributed by atoms with E-state index in [2.05, 4.69) is 42.6 Å². The fraction of sp³-hybridized carbons (Fsp3) is 0.368. The van der Waals surface area contributed by atoms with E-state index in [4.69, 9.17) is 0 Å². The Bertz CT molecular complexity index is 604. The summed E-state index contributed by atoms with van der Waals surface area (Å²) in [4.78, 5) is 0. The predicted molar refractivity (Wildman–Crippen MR) is 86.8 cm³/mol. The molecule has 0 radical (unpaired) electrons. The molecule has 0 aliphatic heterocycles. The van der Waals surface area contributed by atoms with Crippen molar-refractivity contribution in [1.82, 2.24) is 5.32 Å². The molecule has 1 atom stereocenters. The van der Waals surface area contributed by atoms with Gasteiger partial charge in [-0.2, -0.15) is 0 Å². The summed E-state index contributed by atoms with van der Waals surface area (Å²) in [6, 6.07) is 17.1. The van der Waals surface area contributed by atoms with Crippen LogP contribution in [0.2, 0.25) is 0 Å². The van der Waals surface area contributed by atoms with E-state index in [0.717, 1.165) is 19.0 Å². The average Bonchev–Trinajstić information content (AvgIpc) is 3.27. The molecule has 3 rings (SSSR count). The van der Waals surface area contributed by atoms with E-state index >= 15 is 0 Å². The molecular weight excluding hydrogens is 258 g/mol. The van der Waals surface area contributed by atoms with Crippen LogP contribution >= 0.6 is 0 Å². The summed E-state index contributed by atoms with van der Waals surface area (Å²) < 4.78 is 0. The van der Waals surface area contributed by atoms with E-state index in [9.17, 15) is 5.11 Å². The monoisotopic (exact) mass is 281 g/mol. The van der Waals surface area contributed by atoms with Crippen LogP contribution in [0.15, 0.2) is 48.5 Å². The van der Waals surface area contributed by atoms with Gasteiger partial charge in [0.25, 0.3) is 0 Å². The Balaban J connectivity index is 1.77. The van der Waals surface area contributed by atoms with Gasteiger partial charge in [0.2, 0.25) is 0 Å². The van der Waals surface area contributed by atoms with Crippen LogP contribution in [0.3, 0.4) is 0 Å². The number of phenolic OH excluding ortho intramolecular Hbond substituents is 1. The molecule has 1 fully saturated rings. The Morgan fingerprint density at radius 2 is 1.95 bits per heavy atom. The maximum atomic E-state index is 9.65. The molecule has 2 aromatic rings.